The summed E-state index contributed by atoms with van der Waals surface area (Å²) < 4.78 is 0. The summed E-state index contributed by atoms with van der Waals surface area (Å²) in [5.41, 5.74) is 7.21. The van der Waals surface area contributed by atoms with E-state index in [4.69, 9.17) is 10.8 Å². The van der Waals surface area contributed by atoms with E-state index >= 15 is 0 Å². The van der Waals surface area contributed by atoms with Gasteiger partial charge in [-0.2, -0.15) is 0 Å². The van der Waals surface area contributed by atoms with E-state index in [0.29, 0.717) is 12.1 Å². The van der Waals surface area contributed by atoms with Crippen LogP contribution in [-0.4, -0.2) is 21.0 Å². The smallest absolute Gasteiger partial charge is 0.303 e. The summed E-state index contributed by atoms with van der Waals surface area (Å²) in [6, 6.07) is -0.347. The van der Waals surface area contributed by atoms with Crippen LogP contribution in [0.5, 0.6) is 0 Å². The van der Waals surface area contributed by atoms with E-state index in [2.05, 4.69) is 9.97 Å². The van der Waals surface area contributed by atoms with Gasteiger partial charge in [-0.3, -0.25) is 14.8 Å². The van der Waals surface area contributed by atoms with Crippen molar-refractivity contribution in [3.63, 3.8) is 0 Å². The van der Waals surface area contributed by atoms with Gasteiger partial charge in [0.25, 0.3) is 0 Å². The molecule has 1 atom stereocenters. The van der Waals surface area contributed by atoms with E-state index in [9.17, 15) is 4.79 Å². The van der Waals surface area contributed by atoms with E-state index in [1.54, 1.807) is 12.4 Å². The zero-order chi connectivity index (χ0) is 10.6. The average Bonchev–Trinajstić information content (AvgIpc) is 2.15. The van der Waals surface area contributed by atoms with Gasteiger partial charge in [0.2, 0.25) is 0 Å². The summed E-state index contributed by atoms with van der Waals surface area (Å²) in [4.78, 5) is 18.4. The fraction of sp³-hybridized carbons (Fsp3) is 0.444. The topological polar surface area (TPSA) is 89.1 Å². The molecule has 1 heterocycles. The van der Waals surface area contributed by atoms with Crippen molar-refractivity contribution in [2.75, 3.05) is 0 Å². The van der Waals surface area contributed by atoms with Crippen molar-refractivity contribution in [2.45, 2.75) is 25.8 Å². The molecule has 0 aliphatic heterocycles. The molecule has 1 aromatic heterocycles. The van der Waals surface area contributed by atoms with Gasteiger partial charge in [0, 0.05) is 24.9 Å². The molecule has 5 nitrogen and oxygen atoms in total. The first-order valence-corrected chi connectivity index (χ1v) is 4.36. The first kappa shape index (κ1) is 10.6. The molecule has 1 rings (SSSR count). The molecule has 0 aliphatic rings. The predicted molar refractivity (Wildman–Crippen MR) is 50.6 cm³/mol. The molecule has 0 aliphatic carbocycles. The summed E-state index contributed by atoms with van der Waals surface area (Å²) in [6.07, 6.45) is 3.58. The quantitative estimate of drug-likeness (QED) is 0.736. The second-order valence-corrected chi connectivity index (χ2v) is 3.07. The van der Waals surface area contributed by atoms with Crippen molar-refractivity contribution in [3.05, 3.63) is 23.8 Å². The zero-order valence-electron chi connectivity index (χ0n) is 7.97. The Kier molecular flexibility index (Phi) is 3.53. The second kappa shape index (κ2) is 4.66. The number of carboxylic acid groups (broad SMARTS) is 1. The Bertz CT molecular complexity index is 328. The average molecular weight is 195 g/mol. The molecule has 0 spiro atoms. The summed E-state index contributed by atoms with van der Waals surface area (Å²) >= 11 is 0. The predicted octanol–water partition coefficient (Wildman–Crippen LogP) is 0.650. The minimum absolute atomic E-state index is 0.0528. The number of nitrogens with zero attached hydrogens (tertiary/aromatic N) is 2. The standard InChI is InChI=1S/C9H13N3O2/c1-6-9(12-5-4-11-6)7(10)2-3-8(13)14/h4-5,7H,2-3,10H2,1H3,(H,13,14). The number of aliphatic carboxylic acids is 1. The molecule has 1 aromatic rings. The lowest BCUT2D eigenvalue weighted by Crippen LogP contribution is -2.15. The maximum Gasteiger partial charge on any atom is 0.303 e. The molecule has 0 radical (unpaired) electrons. The molecule has 76 valence electrons. The van der Waals surface area contributed by atoms with Gasteiger partial charge in [-0.25, -0.2) is 0 Å². The van der Waals surface area contributed by atoms with Crippen molar-refractivity contribution in [1.82, 2.24) is 9.97 Å². The van der Waals surface area contributed by atoms with E-state index in [1.165, 1.54) is 0 Å². The molecule has 14 heavy (non-hydrogen) atoms. The van der Waals surface area contributed by atoms with Gasteiger partial charge in [-0.15, -0.1) is 0 Å². The Morgan fingerprint density at radius 1 is 1.57 bits per heavy atom. The number of aromatic nitrogens is 2. The van der Waals surface area contributed by atoms with E-state index in [0.717, 1.165) is 5.69 Å². The molecule has 0 aromatic carbocycles. The van der Waals surface area contributed by atoms with Crippen LogP contribution >= 0.6 is 0 Å². The second-order valence-electron chi connectivity index (χ2n) is 3.07. The zero-order valence-corrected chi connectivity index (χ0v) is 7.97. The highest BCUT2D eigenvalue weighted by Gasteiger charge is 2.12. The number of nitrogens with two attached hydrogens (primary N) is 1. The molecular weight excluding hydrogens is 182 g/mol. The van der Waals surface area contributed by atoms with Gasteiger partial charge in [-0.1, -0.05) is 0 Å². The number of carbonyl (C=O) groups is 1. The summed E-state index contributed by atoms with van der Waals surface area (Å²) in [6.45, 7) is 1.81. The third kappa shape index (κ3) is 2.77. The van der Waals surface area contributed by atoms with Gasteiger partial charge < -0.3 is 10.8 Å². The molecule has 0 saturated heterocycles. The van der Waals surface area contributed by atoms with Gasteiger partial charge in [-0.05, 0) is 13.3 Å². The summed E-state index contributed by atoms with van der Waals surface area (Å²) in [7, 11) is 0. The van der Waals surface area contributed by atoms with Crippen LogP contribution in [0.25, 0.3) is 0 Å². The maximum atomic E-state index is 10.3. The van der Waals surface area contributed by atoms with Crippen molar-refractivity contribution >= 4 is 5.97 Å². The fourth-order valence-electron chi connectivity index (χ4n) is 1.20. The van der Waals surface area contributed by atoms with E-state index in [-0.39, 0.29) is 12.5 Å². The van der Waals surface area contributed by atoms with Crippen LogP contribution in [0, 0.1) is 6.92 Å². The van der Waals surface area contributed by atoms with Crippen LogP contribution in [-0.2, 0) is 4.79 Å². The van der Waals surface area contributed by atoms with E-state index in [1.807, 2.05) is 6.92 Å². The Morgan fingerprint density at radius 3 is 2.79 bits per heavy atom. The minimum Gasteiger partial charge on any atom is -0.481 e. The Balaban J connectivity index is 2.65. The molecule has 5 heteroatoms. The highest BCUT2D eigenvalue weighted by molar-refractivity contribution is 5.66. The van der Waals surface area contributed by atoms with E-state index < -0.39 is 5.97 Å². The van der Waals surface area contributed by atoms with Crippen molar-refractivity contribution in [3.8, 4) is 0 Å². The van der Waals surface area contributed by atoms with Gasteiger partial charge >= 0.3 is 5.97 Å². The lowest BCUT2D eigenvalue weighted by Gasteiger charge is -2.10. The first-order valence-electron chi connectivity index (χ1n) is 4.36. The number of hydrogen-bond donors (Lipinski definition) is 2. The largest absolute Gasteiger partial charge is 0.481 e. The van der Waals surface area contributed by atoms with Crippen LogP contribution in [0.3, 0.4) is 0 Å². The van der Waals surface area contributed by atoms with Gasteiger partial charge in [0.15, 0.2) is 0 Å². The highest BCUT2D eigenvalue weighted by atomic mass is 16.4. The highest BCUT2D eigenvalue weighted by Crippen LogP contribution is 2.14. The number of carboxylic acids is 1. The third-order valence-corrected chi connectivity index (χ3v) is 1.94. The van der Waals surface area contributed by atoms with Crippen LogP contribution in [0.2, 0.25) is 0 Å². The number of rotatable bonds is 4. The summed E-state index contributed by atoms with van der Waals surface area (Å²) in [5, 5.41) is 8.49. The van der Waals surface area contributed by atoms with Crippen LogP contribution in [0.15, 0.2) is 12.4 Å². The lowest BCUT2D eigenvalue weighted by molar-refractivity contribution is -0.137. The number of hydrogen-bond acceptors (Lipinski definition) is 4. The molecule has 0 saturated carbocycles. The molecule has 0 fully saturated rings. The third-order valence-electron chi connectivity index (χ3n) is 1.94. The lowest BCUT2D eigenvalue weighted by atomic mass is 10.1. The first-order chi connectivity index (χ1) is 6.61. The molecular formula is C9H13N3O2. The van der Waals surface area contributed by atoms with Crippen molar-refractivity contribution in [1.29, 1.82) is 0 Å². The van der Waals surface area contributed by atoms with Gasteiger partial charge in [0.05, 0.1) is 11.4 Å². The molecule has 1 unspecified atom stereocenters. The summed E-state index contributed by atoms with van der Waals surface area (Å²) in [5.74, 6) is -0.845. The normalized spacial score (nSPS) is 12.4. The Hall–Kier alpha value is -1.49. The van der Waals surface area contributed by atoms with Crippen molar-refractivity contribution in [2.24, 2.45) is 5.73 Å². The Morgan fingerprint density at radius 2 is 2.21 bits per heavy atom. The van der Waals surface area contributed by atoms with Gasteiger partial charge in [0.1, 0.15) is 0 Å². The number of aryl methyl sites for hydroxylation is 1. The molecule has 0 bridgehead atoms. The van der Waals surface area contributed by atoms with Crippen LogP contribution in [0.4, 0.5) is 0 Å². The minimum atomic E-state index is -0.845. The molecule has 0 amide bonds. The molecule has 3 N–H and O–H groups in total. The SMILES string of the molecule is Cc1nccnc1C(N)CCC(=O)O. The fourth-order valence-corrected chi connectivity index (χ4v) is 1.20. The monoisotopic (exact) mass is 195 g/mol. The maximum absolute atomic E-state index is 10.3. The van der Waals surface area contributed by atoms with Crippen molar-refractivity contribution < 1.29 is 9.90 Å². The Labute approximate surface area is 82.0 Å². The van der Waals surface area contributed by atoms with Crippen LogP contribution in [0.1, 0.15) is 30.3 Å². The van der Waals surface area contributed by atoms with Crippen LogP contribution < -0.4 is 5.73 Å².